The lowest BCUT2D eigenvalue weighted by Gasteiger charge is -2.31. The molecule has 0 spiro atoms. The number of nitrogens with zero attached hydrogens (tertiary/aromatic N) is 3. The predicted octanol–water partition coefficient (Wildman–Crippen LogP) is 3.28. The number of piperidine rings is 1. The quantitative estimate of drug-likeness (QED) is 0.850. The predicted molar refractivity (Wildman–Crippen MR) is 90.0 cm³/mol. The molecule has 0 radical (unpaired) electrons. The number of aromatic nitrogens is 2. The van der Waals surface area contributed by atoms with Crippen molar-refractivity contribution in [3.8, 4) is 0 Å². The van der Waals surface area contributed by atoms with Crippen molar-refractivity contribution in [1.82, 2.24) is 15.0 Å². The fourth-order valence-corrected chi connectivity index (χ4v) is 3.90. The van der Waals surface area contributed by atoms with Crippen LogP contribution in [-0.4, -0.2) is 34.0 Å². The van der Waals surface area contributed by atoms with Crippen LogP contribution >= 0.6 is 0 Å². The van der Waals surface area contributed by atoms with Crippen molar-refractivity contribution >= 4 is 5.91 Å². The van der Waals surface area contributed by atoms with Gasteiger partial charge in [-0.25, -0.2) is 0 Å². The Morgan fingerprint density at radius 3 is 2.83 bits per heavy atom. The maximum Gasteiger partial charge on any atom is 0.253 e. The average Bonchev–Trinajstić information content (AvgIpc) is 3.07. The third-order valence-corrected chi connectivity index (χ3v) is 5.21. The first-order valence-electron chi connectivity index (χ1n) is 8.92. The molecule has 1 aliphatic heterocycles. The zero-order valence-electron chi connectivity index (χ0n) is 14.1. The Bertz CT molecular complexity index is 753. The van der Waals surface area contributed by atoms with Gasteiger partial charge in [-0.1, -0.05) is 11.2 Å². The van der Waals surface area contributed by atoms with E-state index in [9.17, 15) is 4.79 Å². The molecule has 0 N–H and O–H groups in total. The van der Waals surface area contributed by atoms with Crippen LogP contribution in [0, 0.1) is 6.92 Å². The fraction of sp³-hybridized carbons (Fsp3) is 0.526. The van der Waals surface area contributed by atoms with Crippen molar-refractivity contribution in [1.29, 1.82) is 0 Å². The van der Waals surface area contributed by atoms with Crippen molar-refractivity contribution in [2.75, 3.05) is 13.1 Å². The average molecular weight is 325 g/mol. The molecule has 1 aromatic carbocycles. The van der Waals surface area contributed by atoms with E-state index in [1.807, 2.05) is 11.0 Å². The van der Waals surface area contributed by atoms with Gasteiger partial charge in [-0.3, -0.25) is 4.79 Å². The Hall–Kier alpha value is -2.17. The van der Waals surface area contributed by atoms with Gasteiger partial charge in [-0.05, 0) is 61.8 Å². The summed E-state index contributed by atoms with van der Waals surface area (Å²) in [6.07, 6.45) is 6.72. The van der Waals surface area contributed by atoms with Crippen LogP contribution in [0.25, 0.3) is 0 Å². The molecule has 2 aromatic rings. The van der Waals surface area contributed by atoms with Crippen LogP contribution < -0.4 is 0 Å². The summed E-state index contributed by atoms with van der Waals surface area (Å²) in [6.45, 7) is 3.29. The Morgan fingerprint density at radius 1 is 1.21 bits per heavy atom. The number of hydrogen-bond acceptors (Lipinski definition) is 4. The van der Waals surface area contributed by atoms with Crippen molar-refractivity contribution in [2.24, 2.45) is 0 Å². The summed E-state index contributed by atoms with van der Waals surface area (Å²) in [6, 6.07) is 6.25. The van der Waals surface area contributed by atoms with Gasteiger partial charge >= 0.3 is 0 Å². The molecule has 5 heteroatoms. The molecule has 1 atom stereocenters. The third kappa shape index (κ3) is 2.95. The van der Waals surface area contributed by atoms with Crippen molar-refractivity contribution in [2.45, 2.75) is 51.4 Å². The Balaban J connectivity index is 1.51. The van der Waals surface area contributed by atoms with Gasteiger partial charge in [0.15, 0.2) is 5.82 Å². The zero-order valence-corrected chi connectivity index (χ0v) is 14.1. The van der Waals surface area contributed by atoms with Crippen LogP contribution in [0.3, 0.4) is 0 Å². The van der Waals surface area contributed by atoms with E-state index in [0.29, 0.717) is 12.4 Å². The summed E-state index contributed by atoms with van der Waals surface area (Å²) in [5, 5.41) is 4.04. The maximum absolute atomic E-state index is 12.9. The van der Waals surface area contributed by atoms with Gasteiger partial charge in [0.2, 0.25) is 5.89 Å². The Labute approximate surface area is 142 Å². The number of benzene rings is 1. The number of carbonyl (C=O) groups excluding carboxylic acids is 1. The largest absolute Gasteiger partial charge is 0.340 e. The molecular weight excluding hydrogens is 302 g/mol. The minimum Gasteiger partial charge on any atom is -0.340 e. The Kier molecular flexibility index (Phi) is 4.08. The summed E-state index contributed by atoms with van der Waals surface area (Å²) in [5.74, 6) is 1.63. The molecule has 1 fully saturated rings. The molecule has 5 nitrogen and oxygen atoms in total. The van der Waals surface area contributed by atoms with Crippen molar-refractivity contribution in [3.05, 3.63) is 46.6 Å². The monoisotopic (exact) mass is 325 g/mol. The van der Waals surface area contributed by atoms with E-state index in [-0.39, 0.29) is 11.8 Å². The van der Waals surface area contributed by atoms with Gasteiger partial charge < -0.3 is 9.42 Å². The van der Waals surface area contributed by atoms with Gasteiger partial charge in [0.25, 0.3) is 5.91 Å². The minimum atomic E-state index is 0.133. The second-order valence-corrected chi connectivity index (χ2v) is 6.95. The highest BCUT2D eigenvalue weighted by Crippen LogP contribution is 2.27. The van der Waals surface area contributed by atoms with Crippen LogP contribution in [0.4, 0.5) is 0 Å². The molecule has 0 bridgehead atoms. The molecule has 2 aliphatic rings. The van der Waals surface area contributed by atoms with E-state index in [0.717, 1.165) is 43.6 Å². The van der Waals surface area contributed by atoms with E-state index < -0.39 is 0 Å². The van der Waals surface area contributed by atoms with Crippen LogP contribution in [0.15, 0.2) is 22.7 Å². The van der Waals surface area contributed by atoms with Crippen LogP contribution in [0.5, 0.6) is 0 Å². The topological polar surface area (TPSA) is 59.2 Å². The SMILES string of the molecule is Cc1nc([C@@H]2CCCN(C(=O)c3ccc4c(c3)CCCC4)C2)no1. The highest BCUT2D eigenvalue weighted by molar-refractivity contribution is 5.94. The number of aryl methyl sites for hydroxylation is 3. The fourth-order valence-electron chi connectivity index (χ4n) is 3.90. The molecule has 126 valence electrons. The van der Waals surface area contributed by atoms with E-state index >= 15 is 0 Å². The molecule has 1 aromatic heterocycles. The van der Waals surface area contributed by atoms with E-state index in [1.54, 1.807) is 6.92 Å². The summed E-state index contributed by atoms with van der Waals surface area (Å²) < 4.78 is 5.10. The highest BCUT2D eigenvalue weighted by Gasteiger charge is 2.28. The second kappa shape index (κ2) is 6.38. The Morgan fingerprint density at radius 2 is 2.04 bits per heavy atom. The lowest BCUT2D eigenvalue weighted by Crippen LogP contribution is -2.39. The van der Waals surface area contributed by atoms with Crippen LogP contribution in [-0.2, 0) is 12.8 Å². The smallest absolute Gasteiger partial charge is 0.253 e. The molecule has 24 heavy (non-hydrogen) atoms. The van der Waals surface area contributed by atoms with Gasteiger partial charge in [-0.2, -0.15) is 4.98 Å². The first kappa shape index (κ1) is 15.4. The number of hydrogen-bond donors (Lipinski definition) is 0. The summed E-state index contributed by atoms with van der Waals surface area (Å²) in [5.41, 5.74) is 3.59. The normalized spacial score (nSPS) is 20.7. The number of likely N-dealkylation sites (tertiary alicyclic amines) is 1. The summed E-state index contributed by atoms with van der Waals surface area (Å²) >= 11 is 0. The number of amides is 1. The summed E-state index contributed by atoms with van der Waals surface area (Å²) in [4.78, 5) is 19.2. The molecule has 0 saturated carbocycles. The van der Waals surface area contributed by atoms with Crippen molar-refractivity contribution in [3.63, 3.8) is 0 Å². The maximum atomic E-state index is 12.9. The lowest BCUT2D eigenvalue weighted by molar-refractivity contribution is 0.0703. The number of fused-ring (bicyclic) bond motifs is 1. The van der Waals surface area contributed by atoms with Gasteiger partial charge in [-0.15, -0.1) is 0 Å². The standard InChI is InChI=1S/C19H23N3O2/c1-13-20-18(21-24-13)17-7-4-10-22(12-17)19(23)16-9-8-14-5-2-3-6-15(14)11-16/h8-9,11,17H,2-7,10,12H2,1H3/t17-/m1/s1. The zero-order chi connectivity index (χ0) is 16.5. The highest BCUT2D eigenvalue weighted by atomic mass is 16.5. The van der Waals surface area contributed by atoms with Crippen LogP contribution in [0.1, 0.15) is 64.8 Å². The number of rotatable bonds is 2. The summed E-state index contributed by atoms with van der Waals surface area (Å²) in [7, 11) is 0. The van der Waals surface area contributed by atoms with E-state index in [2.05, 4.69) is 22.3 Å². The van der Waals surface area contributed by atoms with E-state index in [1.165, 1.54) is 24.0 Å². The van der Waals surface area contributed by atoms with Crippen molar-refractivity contribution < 1.29 is 9.32 Å². The van der Waals surface area contributed by atoms with Crippen LogP contribution in [0.2, 0.25) is 0 Å². The third-order valence-electron chi connectivity index (χ3n) is 5.21. The molecule has 4 rings (SSSR count). The molecule has 1 aliphatic carbocycles. The minimum absolute atomic E-state index is 0.133. The molecular formula is C19H23N3O2. The van der Waals surface area contributed by atoms with Gasteiger partial charge in [0, 0.05) is 31.5 Å². The molecule has 1 saturated heterocycles. The lowest BCUT2D eigenvalue weighted by atomic mass is 9.90. The molecule has 2 heterocycles. The number of carbonyl (C=O) groups is 1. The second-order valence-electron chi connectivity index (χ2n) is 6.95. The van der Waals surface area contributed by atoms with Gasteiger partial charge in [0.05, 0.1) is 0 Å². The van der Waals surface area contributed by atoms with E-state index in [4.69, 9.17) is 4.52 Å². The molecule has 1 amide bonds. The first-order chi connectivity index (χ1) is 11.7. The first-order valence-corrected chi connectivity index (χ1v) is 8.92. The molecule has 0 unspecified atom stereocenters. The van der Waals surface area contributed by atoms with Gasteiger partial charge in [0.1, 0.15) is 0 Å².